The second kappa shape index (κ2) is 12.2. The lowest BCUT2D eigenvalue weighted by Gasteiger charge is -2.15. The molecule has 0 atom stereocenters. The zero-order valence-corrected chi connectivity index (χ0v) is 19.5. The zero-order valence-electron chi connectivity index (χ0n) is 17.9. The maximum absolute atomic E-state index is 12.8. The Balaban J connectivity index is 0.00000240. The molecule has 0 saturated carbocycles. The number of halogens is 2. The van der Waals surface area contributed by atoms with Crippen LogP contribution in [0.25, 0.3) is 22.2 Å². The highest BCUT2D eigenvalue weighted by atomic mass is 35.5. The molecule has 1 amide bonds. The summed E-state index contributed by atoms with van der Waals surface area (Å²) in [4.78, 5) is 17.6. The van der Waals surface area contributed by atoms with Crippen LogP contribution in [0.3, 0.4) is 0 Å². The van der Waals surface area contributed by atoms with Crippen molar-refractivity contribution < 1.29 is 19.0 Å². The van der Waals surface area contributed by atoms with Crippen molar-refractivity contribution >= 4 is 41.6 Å². The van der Waals surface area contributed by atoms with Crippen LogP contribution >= 0.6 is 24.8 Å². The maximum atomic E-state index is 12.8. The first-order chi connectivity index (χ1) is 14.1. The zero-order chi connectivity index (χ0) is 20.8. The van der Waals surface area contributed by atoms with Crippen LogP contribution in [-0.2, 0) is 0 Å². The molecule has 0 radical (unpaired) electrons. The van der Waals surface area contributed by atoms with Gasteiger partial charge in [0, 0.05) is 24.0 Å². The molecule has 7 nitrogen and oxygen atoms in total. The third-order valence-electron chi connectivity index (χ3n) is 4.58. The fourth-order valence-corrected chi connectivity index (χ4v) is 3.14. The van der Waals surface area contributed by atoms with E-state index in [9.17, 15) is 4.79 Å². The molecule has 3 aromatic rings. The van der Waals surface area contributed by atoms with Gasteiger partial charge in [0.05, 0.1) is 38.1 Å². The highest BCUT2D eigenvalue weighted by molar-refractivity contribution is 6.07. The van der Waals surface area contributed by atoms with Crippen molar-refractivity contribution in [2.45, 2.75) is 0 Å². The summed E-state index contributed by atoms with van der Waals surface area (Å²) in [5.41, 5.74) is 2.70. The largest absolute Gasteiger partial charge is 0.493 e. The van der Waals surface area contributed by atoms with E-state index in [1.54, 1.807) is 27.4 Å². The van der Waals surface area contributed by atoms with Crippen molar-refractivity contribution in [3.05, 3.63) is 48.0 Å². The summed E-state index contributed by atoms with van der Waals surface area (Å²) in [5.74, 6) is 1.41. The minimum atomic E-state index is -0.146. The van der Waals surface area contributed by atoms with Crippen LogP contribution in [0.1, 0.15) is 10.4 Å². The Kier molecular flexibility index (Phi) is 10.3. The number of pyridine rings is 1. The SMILES string of the molecule is CNCCNC(=O)c1cc(-c2cc(OC)c(OC)c(OC)c2)nc2ccccc12.Cl.Cl. The van der Waals surface area contributed by atoms with Gasteiger partial charge < -0.3 is 24.8 Å². The highest BCUT2D eigenvalue weighted by Crippen LogP contribution is 2.41. The first-order valence-electron chi connectivity index (χ1n) is 9.25. The standard InChI is InChI=1S/C22H25N3O4.2ClH/c1-23-9-10-24-22(26)16-13-18(25-17-8-6-5-7-15(16)17)14-11-19(27-2)21(29-4)20(12-14)28-3;;/h5-8,11-13,23H,9-10H2,1-4H3,(H,24,26);2*1H. The van der Waals surface area contributed by atoms with Crippen molar-refractivity contribution in [3.8, 4) is 28.5 Å². The number of likely N-dealkylation sites (N-methyl/N-ethyl adjacent to an activating group) is 1. The number of ether oxygens (including phenoxy) is 3. The summed E-state index contributed by atoms with van der Waals surface area (Å²) in [6.07, 6.45) is 0. The summed E-state index contributed by atoms with van der Waals surface area (Å²) in [7, 11) is 6.53. The van der Waals surface area contributed by atoms with E-state index < -0.39 is 0 Å². The molecule has 31 heavy (non-hydrogen) atoms. The molecular formula is C22H27Cl2N3O4. The van der Waals surface area contributed by atoms with Crippen LogP contribution < -0.4 is 24.8 Å². The van der Waals surface area contributed by atoms with Gasteiger partial charge >= 0.3 is 0 Å². The third kappa shape index (κ3) is 5.70. The smallest absolute Gasteiger partial charge is 0.252 e. The maximum Gasteiger partial charge on any atom is 0.252 e. The number of rotatable bonds is 8. The van der Waals surface area contributed by atoms with Crippen molar-refractivity contribution in [3.63, 3.8) is 0 Å². The van der Waals surface area contributed by atoms with E-state index in [0.717, 1.165) is 16.5 Å². The van der Waals surface area contributed by atoms with Gasteiger partial charge in [-0.25, -0.2) is 4.98 Å². The monoisotopic (exact) mass is 467 g/mol. The fraction of sp³-hybridized carbons (Fsp3) is 0.273. The first kappa shape index (κ1) is 26.3. The topological polar surface area (TPSA) is 81.7 Å². The lowest BCUT2D eigenvalue weighted by atomic mass is 10.0. The second-order valence-electron chi connectivity index (χ2n) is 6.35. The second-order valence-corrected chi connectivity index (χ2v) is 6.35. The molecule has 1 heterocycles. The number of fused-ring (bicyclic) bond motifs is 1. The van der Waals surface area contributed by atoms with Gasteiger partial charge in [0.2, 0.25) is 5.75 Å². The van der Waals surface area contributed by atoms with E-state index in [1.807, 2.05) is 43.4 Å². The van der Waals surface area contributed by atoms with Crippen LogP contribution in [0, 0.1) is 0 Å². The van der Waals surface area contributed by atoms with Gasteiger partial charge in [-0.15, -0.1) is 24.8 Å². The molecular weight excluding hydrogens is 441 g/mol. The van der Waals surface area contributed by atoms with Crippen LogP contribution in [-0.4, -0.2) is 52.4 Å². The van der Waals surface area contributed by atoms with Gasteiger partial charge in [-0.2, -0.15) is 0 Å². The molecule has 0 spiro atoms. The lowest BCUT2D eigenvalue weighted by molar-refractivity contribution is 0.0955. The number of amides is 1. The van der Waals surface area contributed by atoms with Crippen molar-refractivity contribution in [2.24, 2.45) is 0 Å². The molecule has 2 N–H and O–H groups in total. The fourth-order valence-electron chi connectivity index (χ4n) is 3.14. The average Bonchev–Trinajstić information content (AvgIpc) is 2.77. The van der Waals surface area contributed by atoms with Crippen molar-refractivity contribution in [1.82, 2.24) is 15.6 Å². The van der Waals surface area contributed by atoms with Gasteiger partial charge in [-0.05, 0) is 31.3 Å². The number of hydrogen-bond acceptors (Lipinski definition) is 6. The van der Waals surface area contributed by atoms with E-state index in [-0.39, 0.29) is 30.7 Å². The predicted octanol–water partition coefficient (Wildman–Crippen LogP) is 3.72. The summed E-state index contributed by atoms with van der Waals surface area (Å²) in [5, 5.41) is 6.75. The molecule has 0 aliphatic carbocycles. The van der Waals surface area contributed by atoms with Crippen LogP contribution in [0.4, 0.5) is 0 Å². The number of para-hydroxylation sites is 1. The molecule has 0 fully saturated rings. The number of nitrogens with one attached hydrogen (secondary N) is 2. The van der Waals surface area contributed by atoms with Gasteiger partial charge in [-0.1, -0.05) is 18.2 Å². The minimum absolute atomic E-state index is 0. The molecule has 0 bridgehead atoms. The number of carbonyl (C=O) groups excluding carboxylic acids is 1. The summed E-state index contributed by atoms with van der Waals surface area (Å²) in [6.45, 7) is 1.22. The summed E-state index contributed by atoms with van der Waals surface area (Å²) >= 11 is 0. The molecule has 0 aliphatic heterocycles. The quantitative estimate of drug-likeness (QED) is 0.491. The Morgan fingerprint density at radius 3 is 2.16 bits per heavy atom. The molecule has 1 aromatic heterocycles. The van der Waals surface area contributed by atoms with E-state index in [2.05, 4.69) is 10.6 Å². The van der Waals surface area contributed by atoms with Crippen LogP contribution in [0.2, 0.25) is 0 Å². The van der Waals surface area contributed by atoms with E-state index in [1.165, 1.54) is 0 Å². The Labute approximate surface area is 194 Å². The Morgan fingerprint density at radius 1 is 0.935 bits per heavy atom. The number of benzene rings is 2. The first-order valence-corrected chi connectivity index (χ1v) is 9.25. The molecule has 2 aromatic carbocycles. The molecule has 168 valence electrons. The molecule has 0 aliphatic rings. The number of nitrogens with zero attached hydrogens (tertiary/aromatic N) is 1. The van der Waals surface area contributed by atoms with Gasteiger partial charge in [0.25, 0.3) is 5.91 Å². The molecule has 9 heteroatoms. The molecule has 0 saturated heterocycles. The van der Waals surface area contributed by atoms with E-state index >= 15 is 0 Å². The van der Waals surface area contributed by atoms with Gasteiger partial charge in [0.1, 0.15) is 0 Å². The molecule has 3 rings (SSSR count). The third-order valence-corrected chi connectivity index (χ3v) is 4.58. The average molecular weight is 468 g/mol. The van der Waals surface area contributed by atoms with Gasteiger partial charge in [-0.3, -0.25) is 4.79 Å². The lowest BCUT2D eigenvalue weighted by Crippen LogP contribution is -2.30. The number of aromatic nitrogens is 1. The van der Waals surface area contributed by atoms with Crippen LogP contribution in [0.5, 0.6) is 17.2 Å². The van der Waals surface area contributed by atoms with Crippen molar-refractivity contribution in [1.29, 1.82) is 0 Å². The Bertz CT molecular complexity index is 1010. The predicted molar refractivity (Wildman–Crippen MR) is 128 cm³/mol. The minimum Gasteiger partial charge on any atom is -0.493 e. The van der Waals surface area contributed by atoms with Crippen LogP contribution in [0.15, 0.2) is 42.5 Å². The molecule has 0 unspecified atom stereocenters. The summed E-state index contributed by atoms with van der Waals surface area (Å²) in [6, 6.07) is 13.0. The Hall–Kier alpha value is -2.74. The Morgan fingerprint density at radius 2 is 1.58 bits per heavy atom. The number of hydrogen-bond donors (Lipinski definition) is 2. The number of carbonyl (C=O) groups is 1. The summed E-state index contributed by atoms with van der Waals surface area (Å²) < 4.78 is 16.3. The van der Waals surface area contributed by atoms with E-state index in [4.69, 9.17) is 19.2 Å². The normalized spacial score (nSPS) is 9.94. The highest BCUT2D eigenvalue weighted by Gasteiger charge is 2.18. The van der Waals surface area contributed by atoms with Gasteiger partial charge in [0.15, 0.2) is 11.5 Å². The number of methoxy groups -OCH3 is 3. The van der Waals surface area contributed by atoms with Crippen molar-refractivity contribution in [2.75, 3.05) is 41.5 Å². The van der Waals surface area contributed by atoms with E-state index in [0.29, 0.717) is 41.6 Å².